The van der Waals surface area contributed by atoms with Crippen molar-refractivity contribution in [2.45, 2.75) is 136 Å². The number of nitrogens with zero attached hydrogens (tertiary/aromatic N) is 2. The first-order chi connectivity index (χ1) is 31.3. The first-order valence-corrected chi connectivity index (χ1v) is 24.8. The average molecular weight is 861 g/mol. The zero-order valence-corrected chi connectivity index (χ0v) is 41.4. The summed E-state index contributed by atoms with van der Waals surface area (Å²) in [5.41, 5.74) is 28.8. The molecule has 0 saturated heterocycles. The lowest BCUT2D eigenvalue weighted by molar-refractivity contribution is 0.331. The summed E-state index contributed by atoms with van der Waals surface area (Å²) < 4.78 is 0. The van der Waals surface area contributed by atoms with Crippen molar-refractivity contribution in [3.63, 3.8) is 0 Å². The molecule has 3 heterocycles. The third kappa shape index (κ3) is 5.74. The lowest BCUT2D eigenvalue weighted by Gasteiger charge is -2.52. The molecule has 2 aliphatic carbocycles. The van der Waals surface area contributed by atoms with E-state index in [1.807, 2.05) is 0 Å². The second-order valence-corrected chi connectivity index (χ2v) is 24.0. The molecule has 0 aromatic heterocycles. The Balaban J connectivity index is 1.23. The van der Waals surface area contributed by atoms with Crippen molar-refractivity contribution in [2.24, 2.45) is 0 Å². The van der Waals surface area contributed by atoms with Gasteiger partial charge in [0.1, 0.15) is 0 Å². The van der Waals surface area contributed by atoms with Gasteiger partial charge in [0, 0.05) is 33.7 Å². The fourth-order valence-electron chi connectivity index (χ4n) is 13.4. The molecule has 0 N–H and O–H groups in total. The van der Waals surface area contributed by atoms with E-state index in [9.17, 15) is 0 Å². The molecule has 0 bridgehead atoms. The highest BCUT2D eigenvalue weighted by atomic mass is 15.2. The normalized spacial score (nSPS) is 19.2. The first-order valence-electron chi connectivity index (χ1n) is 24.8. The predicted molar refractivity (Wildman–Crippen MR) is 283 cm³/mol. The van der Waals surface area contributed by atoms with Gasteiger partial charge >= 0.3 is 6.85 Å². The van der Waals surface area contributed by atoms with Crippen molar-refractivity contribution < 1.29 is 0 Å². The van der Waals surface area contributed by atoms with Crippen LogP contribution in [0.25, 0.3) is 33.4 Å². The molecule has 0 saturated carbocycles. The molecule has 3 aliphatic heterocycles. The lowest BCUT2D eigenvalue weighted by Crippen LogP contribution is -2.62. The van der Waals surface area contributed by atoms with E-state index in [0.29, 0.717) is 0 Å². The molecule has 0 atom stereocenters. The van der Waals surface area contributed by atoms with Crippen LogP contribution in [0.5, 0.6) is 0 Å². The van der Waals surface area contributed by atoms with Crippen LogP contribution in [0.2, 0.25) is 0 Å². The third-order valence-electron chi connectivity index (χ3n) is 17.6. The summed E-state index contributed by atoms with van der Waals surface area (Å²) in [5, 5.41) is 0. The quantitative estimate of drug-likeness (QED) is 0.163. The molecule has 12 rings (SSSR count). The third-order valence-corrected chi connectivity index (χ3v) is 17.6. The molecule has 7 aromatic rings. The Labute approximate surface area is 395 Å². The van der Waals surface area contributed by atoms with Crippen molar-refractivity contribution in [3.8, 4) is 33.4 Å². The number of hydrogen-bond acceptors (Lipinski definition) is 2. The van der Waals surface area contributed by atoms with E-state index in [0.717, 1.165) is 0 Å². The second kappa shape index (κ2) is 13.7. The fraction of sp³-hybridized carbons (Fsp3) is 0.333. The maximum absolute atomic E-state index is 2.75. The summed E-state index contributed by atoms with van der Waals surface area (Å²) in [6.07, 6.45) is 4.73. The van der Waals surface area contributed by atoms with Gasteiger partial charge in [-0.05, 0) is 187 Å². The maximum atomic E-state index is 2.75. The van der Waals surface area contributed by atoms with E-state index in [1.54, 1.807) is 0 Å². The Morgan fingerprint density at radius 3 is 1.59 bits per heavy atom. The van der Waals surface area contributed by atoms with Crippen molar-refractivity contribution >= 4 is 46.2 Å². The highest BCUT2D eigenvalue weighted by molar-refractivity contribution is 6.93. The van der Waals surface area contributed by atoms with E-state index in [-0.39, 0.29) is 33.9 Å². The van der Waals surface area contributed by atoms with Gasteiger partial charge in [-0.1, -0.05) is 154 Å². The SMILES string of the molecule is Cc1cccc(C)c1-c1cc2c3c(c1)N1c4cc5c(cc4C(C)(C)c4cccc(c41)B3N(c1ccc(-c3ccccc3)cc1)c1cc3c(cc1-2)C(C)(C)CCC3(C)C)C(C)(C)CCC5(C)C. The number of anilines is 5. The predicted octanol–water partition coefficient (Wildman–Crippen LogP) is 15.7. The smallest absolute Gasteiger partial charge is 0.333 e. The Morgan fingerprint density at radius 1 is 0.424 bits per heavy atom. The second-order valence-electron chi connectivity index (χ2n) is 24.0. The van der Waals surface area contributed by atoms with Gasteiger partial charge in [0.15, 0.2) is 0 Å². The minimum Gasteiger partial charge on any atom is -0.376 e. The number of benzene rings is 7. The number of fused-ring (bicyclic) bond motifs is 8. The van der Waals surface area contributed by atoms with Crippen molar-refractivity contribution in [1.29, 1.82) is 0 Å². The monoisotopic (exact) mass is 861 g/mol. The Kier molecular flexibility index (Phi) is 8.61. The molecule has 0 radical (unpaired) electrons. The van der Waals surface area contributed by atoms with Crippen molar-refractivity contribution in [1.82, 2.24) is 0 Å². The molecule has 66 heavy (non-hydrogen) atoms. The summed E-state index contributed by atoms with van der Waals surface area (Å²) >= 11 is 0. The molecule has 0 fully saturated rings. The van der Waals surface area contributed by atoms with E-state index >= 15 is 0 Å². The number of para-hydroxylation sites is 1. The molecule has 0 spiro atoms. The van der Waals surface area contributed by atoms with Gasteiger partial charge in [0.05, 0.1) is 5.69 Å². The lowest BCUT2D eigenvalue weighted by atomic mass is 9.42. The van der Waals surface area contributed by atoms with Gasteiger partial charge in [-0.2, -0.15) is 0 Å². The van der Waals surface area contributed by atoms with Crippen LogP contribution in [0.1, 0.15) is 139 Å². The summed E-state index contributed by atoms with van der Waals surface area (Å²) in [7, 11) is 0. The zero-order valence-electron chi connectivity index (χ0n) is 41.4. The van der Waals surface area contributed by atoms with Gasteiger partial charge in [-0.3, -0.25) is 0 Å². The van der Waals surface area contributed by atoms with Crippen LogP contribution in [-0.4, -0.2) is 6.85 Å². The van der Waals surface area contributed by atoms with Crippen LogP contribution in [0, 0.1) is 13.8 Å². The van der Waals surface area contributed by atoms with Crippen LogP contribution in [-0.2, 0) is 27.1 Å². The van der Waals surface area contributed by atoms with E-state index in [1.165, 1.54) is 143 Å². The molecule has 5 aliphatic rings. The van der Waals surface area contributed by atoms with E-state index in [2.05, 4.69) is 220 Å². The largest absolute Gasteiger partial charge is 0.376 e. The van der Waals surface area contributed by atoms with Crippen LogP contribution < -0.4 is 20.6 Å². The highest BCUT2D eigenvalue weighted by Gasteiger charge is 2.52. The van der Waals surface area contributed by atoms with Crippen LogP contribution in [0.15, 0.2) is 127 Å². The molecular formula is C63H65BN2. The zero-order chi connectivity index (χ0) is 46.0. The topological polar surface area (TPSA) is 6.48 Å². The summed E-state index contributed by atoms with van der Waals surface area (Å²) in [5.74, 6) is 0. The first kappa shape index (κ1) is 41.6. The molecular weight excluding hydrogens is 796 g/mol. The molecule has 0 unspecified atom stereocenters. The van der Waals surface area contributed by atoms with Gasteiger partial charge in [-0.15, -0.1) is 0 Å². The molecule has 7 aromatic carbocycles. The summed E-state index contributed by atoms with van der Waals surface area (Å²) in [6, 6.07) is 50.2. The minimum absolute atomic E-state index is 0.0496. The molecule has 330 valence electrons. The fourth-order valence-corrected chi connectivity index (χ4v) is 13.4. The van der Waals surface area contributed by atoms with E-state index < -0.39 is 0 Å². The summed E-state index contributed by atoms with van der Waals surface area (Å²) in [4.78, 5) is 5.50. The number of hydrogen-bond donors (Lipinski definition) is 0. The highest BCUT2D eigenvalue weighted by Crippen LogP contribution is 2.59. The number of aryl methyl sites for hydroxylation is 2. The van der Waals surface area contributed by atoms with E-state index in [4.69, 9.17) is 0 Å². The Bertz CT molecular complexity index is 3180. The standard InChI is InChI=1S/C63H65BN2/c1-38-18-16-19-39(2)56(38)42-32-45-44-34-47-49(61(7,8)30-28-59(47,3)4)36-53(44)66(43-26-24-41(25-27-43)40-20-14-13-15-21-40)64-52-23-17-22-46-58(52)65(55(33-42)57(45)64)54-37-50-48(35-51(54)63(46,11)12)60(5,6)29-31-62(50,9)10/h13-27,32-37H,28-31H2,1-12H3. The van der Waals surface area contributed by atoms with Gasteiger partial charge in [0.2, 0.25) is 0 Å². The van der Waals surface area contributed by atoms with Crippen molar-refractivity contribution in [3.05, 3.63) is 172 Å². The van der Waals surface area contributed by atoms with Crippen LogP contribution in [0.4, 0.5) is 28.4 Å². The molecule has 3 heteroatoms. The molecule has 2 nitrogen and oxygen atoms in total. The van der Waals surface area contributed by atoms with Crippen molar-refractivity contribution in [2.75, 3.05) is 9.71 Å². The van der Waals surface area contributed by atoms with Crippen LogP contribution >= 0.6 is 0 Å². The van der Waals surface area contributed by atoms with Gasteiger partial charge in [0.25, 0.3) is 0 Å². The van der Waals surface area contributed by atoms with Gasteiger partial charge < -0.3 is 9.71 Å². The molecule has 0 amide bonds. The average Bonchev–Trinajstić information content (AvgIpc) is 3.29. The van der Waals surface area contributed by atoms with Gasteiger partial charge in [-0.25, -0.2) is 0 Å². The number of rotatable bonds is 3. The minimum atomic E-state index is -0.224. The summed E-state index contributed by atoms with van der Waals surface area (Å²) in [6.45, 7) is 29.4. The Morgan fingerprint density at radius 2 is 0.970 bits per heavy atom. The maximum Gasteiger partial charge on any atom is 0.333 e. The Hall–Kier alpha value is -5.80. The van der Waals surface area contributed by atoms with Crippen LogP contribution in [0.3, 0.4) is 0 Å².